The highest BCUT2D eigenvalue weighted by atomic mass is 15.2. The van der Waals surface area contributed by atoms with Crippen LogP contribution in [0, 0.1) is 0 Å². The molecule has 1 aliphatic carbocycles. The number of nitrogens with one attached hydrogen (secondary N) is 1. The van der Waals surface area contributed by atoms with E-state index in [1.54, 1.807) is 0 Å². The fourth-order valence-electron chi connectivity index (χ4n) is 1.77. The van der Waals surface area contributed by atoms with E-state index in [0.717, 1.165) is 12.6 Å². The molecule has 1 fully saturated rings. The Labute approximate surface area is 63.4 Å². The first-order valence-corrected chi connectivity index (χ1v) is 4.27. The van der Waals surface area contributed by atoms with Crippen molar-refractivity contribution < 1.29 is 0 Å². The summed E-state index contributed by atoms with van der Waals surface area (Å²) < 4.78 is 0. The average Bonchev–Trinajstić information content (AvgIpc) is 2.43. The minimum absolute atomic E-state index is 0.487. The van der Waals surface area contributed by atoms with E-state index in [9.17, 15) is 0 Å². The van der Waals surface area contributed by atoms with Gasteiger partial charge in [-0.05, 0) is 19.4 Å². The molecule has 0 aromatic rings. The van der Waals surface area contributed by atoms with Crippen LogP contribution in [0.2, 0.25) is 0 Å². The van der Waals surface area contributed by atoms with Crippen LogP contribution in [-0.4, -0.2) is 24.2 Å². The molecule has 1 rings (SSSR count). The lowest BCUT2D eigenvalue weighted by Crippen LogP contribution is -2.34. The van der Waals surface area contributed by atoms with E-state index < -0.39 is 0 Å². The first-order chi connectivity index (χ1) is 4.88. The SMILES string of the molecule is CCN(C[NH])C1CCCC1. The summed E-state index contributed by atoms with van der Waals surface area (Å²) in [5.74, 6) is 0. The monoisotopic (exact) mass is 141 g/mol. The van der Waals surface area contributed by atoms with E-state index in [0.29, 0.717) is 6.67 Å². The summed E-state index contributed by atoms with van der Waals surface area (Å²) >= 11 is 0. The van der Waals surface area contributed by atoms with Gasteiger partial charge in [0.15, 0.2) is 0 Å². The molecule has 0 atom stereocenters. The van der Waals surface area contributed by atoms with Crippen molar-refractivity contribution in [3.8, 4) is 0 Å². The van der Waals surface area contributed by atoms with Gasteiger partial charge in [0.05, 0.1) is 6.67 Å². The Balaban J connectivity index is 2.29. The summed E-state index contributed by atoms with van der Waals surface area (Å²) in [6, 6.07) is 0.738. The van der Waals surface area contributed by atoms with Crippen molar-refractivity contribution in [1.82, 2.24) is 10.6 Å². The van der Waals surface area contributed by atoms with E-state index in [2.05, 4.69) is 11.8 Å². The predicted molar refractivity (Wildman–Crippen MR) is 42.6 cm³/mol. The summed E-state index contributed by atoms with van der Waals surface area (Å²) in [7, 11) is 0. The molecular weight excluding hydrogens is 124 g/mol. The molecule has 0 aromatic heterocycles. The van der Waals surface area contributed by atoms with Crippen LogP contribution in [0.25, 0.3) is 0 Å². The standard InChI is InChI=1S/C8H17N2/c1-2-10(7-9)8-5-3-4-6-8/h8-9H,2-7H2,1H3. The molecule has 1 saturated carbocycles. The number of rotatable bonds is 3. The van der Waals surface area contributed by atoms with Gasteiger partial charge in [-0.25, -0.2) is 5.73 Å². The quantitative estimate of drug-likeness (QED) is 0.585. The highest BCUT2D eigenvalue weighted by molar-refractivity contribution is 4.75. The smallest absolute Gasteiger partial charge is 0.0617 e. The Bertz CT molecular complexity index is 83.3. The van der Waals surface area contributed by atoms with Crippen molar-refractivity contribution in [1.29, 1.82) is 0 Å². The van der Waals surface area contributed by atoms with Crippen molar-refractivity contribution in [2.24, 2.45) is 0 Å². The van der Waals surface area contributed by atoms with Gasteiger partial charge in [-0.1, -0.05) is 19.8 Å². The molecule has 1 radical (unpaired) electrons. The highest BCUT2D eigenvalue weighted by Crippen LogP contribution is 2.22. The van der Waals surface area contributed by atoms with Gasteiger partial charge in [-0.2, -0.15) is 0 Å². The van der Waals surface area contributed by atoms with Crippen LogP contribution in [0.4, 0.5) is 0 Å². The predicted octanol–water partition coefficient (Wildman–Crippen LogP) is 1.49. The third-order valence-electron chi connectivity index (χ3n) is 2.45. The molecular formula is C8H17N2. The molecule has 0 saturated heterocycles. The van der Waals surface area contributed by atoms with Crippen LogP contribution in [0.5, 0.6) is 0 Å². The van der Waals surface area contributed by atoms with Crippen molar-refractivity contribution in [3.63, 3.8) is 0 Å². The Kier molecular flexibility index (Phi) is 3.16. The molecule has 59 valence electrons. The molecule has 0 aromatic carbocycles. The van der Waals surface area contributed by atoms with Crippen molar-refractivity contribution in [2.45, 2.75) is 38.6 Å². The van der Waals surface area contributed by atoms with Crippen LogP contribution in [0.1, 0.15) is 32.6 Å². The number of hydrogen-bond acceptors (Lipinski definition) is 1. The summed E-state index contributed by atoms with van der Waals surface area (Å²) in [5.41, 5.74) is 7.25. The first-order valence-electron chi connectivity index (χ1n) is 4.27. The van der Waals surface area contributed by atoms with Gasteiger partial charge in [-0.3, -0.25) is 4.90 Å². The molecule has 0 bridgehead atoms. The average molecular weight is 141 g/mol. The zero-order chi connectivity index (χ0) is 7.40. The molecule has 0 heterocycles. The van der Waals surface area contributed by atoms with E-state index in [1.807, 2.05) is 0 Å². The van der Waals surface area contributed by atoms with Crippen molar-refractivity contribution in [2.75, 3.05) is 13.2 Å². The molecule has 1 N–H and O–H groups in total. The van der Waals surface area contributed by atoms with Gasteiger partial charge in [0, 0.05) is 6.04 Å². The second-order valence-corrected chi connectivity index (χ2v) is 3.00. The molecule has 0 unspecified atom stereocenters. The Morgan fingerprint density at radius 1 is 1.40 bits per heavy atom. The van der Waals surface area contributed by atoms with Gasteiger partial charge in [0.1, 0.15) is 0 Å². The van der Waals surface area contributed by atoms with Crippen molar-refractivity contribution in [3.05, 3.63) is 0 Å². The van der Waals surface area contributed by atoms with Crippen LogP contribution >= 0.6 is 0 Å². The number of nitrogens with zero attached hydrogens (tertiary/aromatic N) is 1. The Hall–Kier alpha value is -0.0800. The largest absolute Gasteiger partial charge is 0.287 e. The maximum atomic E-state index is 7.25. The zero-order valence-electron chi connectivity index (χ0n) is 6.77. The molecule has 0 spiro atoms. The third kappa shape index (κ3) is 1.70. The van der Waals surface area contributed by atoms with Crippen LogP contribution in [-0.2, 0) is 0 Å². The molecule has 0 amide bonds. The molecule has 2 nitrogen and oxygen atoms in total. The van der Waals surface area contributed by atoms with E-state index in [-0.39, 0.29) is 0 Å². The fourth-order valence-corrected chi connectivity index (χ4v) is 1.77. The topological polar surface area (TPSA) is 27.0 Å². The van der Waals surface area contributed by atoms with E-state index in [4.69, 9.17) is 5.73 Å². The summed E-state index contributed by atoms with van der Waals surface area (Å²) in [6.07, 6.45) is 5.40. The summed E-state index contributed by atoms with van der Waals surface area (Å²) in [4.78, 5) is 2.26. The summed E-state index contributed by atoms with van der Waals surface area (Å²) in [6.45, 7) is 3.68. The van der Waals surface area contributed by atoms with Crippen LogP contribution < -0.4 is 5.73 Å². The highest BCUT2D eigenvalue weighted by Gasteiger charge is 2.19. The van der Waals surface area contributed by atoms with Crippen LogP contribution in [0.3, 0.4) is 0 Å². The van der Waals surface area contributed by atoms with Gasteiger partial charge < -0.3 is 0 Å². The minimum Gasteiger partial charge on any atom is -0.287 e. The van der Waals surface area contributed by atoms with E-state index >= 15 is 0 Å². The second kappa shape index (κ2) is 3.94. The maximum Gasteiger partial charge on any atom is 0.0617 e. The third-order valence-corrected chi connectivity index (χ3v) is 2.45. The number of hydrogen-bond donors (Lipinski definition) is 0. The first kappa shape index (κ1) is 8.02. The molecule has 10 heavy (non-hydrogen) atoms. The molecule has 1 aliphatic rings. The van der Waals surface area contributed by atoms with Gasteiger partial charge in [0.25, 0.3) is 0 Å². The molecule has 2 heteroatoms. The fraction of sp³-hybridized carbons (Fsp3) is 1.00. The van der Waals surface area contributed by atoms with Gasteiger partial charge in [-0.15, -0.1) is 0 Å². The molecule has 0 aliphatic heterocycles. The zero-order valence-corrected chi connectivity index (χ0v) is 6.77. The Morgan fingerprint density at radius 3 is 2.40 bits per heavy atom. The normalized spacial score (nSPS) is 20.7. The summed E-state index contributed by atoms with van der Waals surface area (Å²) in [5, 5.41) is 0. The lowest BCUT2D eigenvalue weighted by atomic mass is 10.2. The lowest BCUT2D eigenvalue weighted by Gasteiger charge is -2.24. The van der Waals surface area contributed by atoms with E-state index in [1.165, 1.54) is 25.7 Å². The lowest BCUT2D eigenvalue weighted by molar-refractivity contribution is 0.211. The second-order valence-electron chi connectivity index (χ2n) is 3.00. The van der Waals surface area contributed by atoms with Crippen molar-refractivity contribution >= 4 is 0 Å². The van der Waals surface area contributed by atoms with Crippen LogP contribution in [0.15, 0.2) is 0 Å². The Morgan fingerprint density at radius 2 is 2.00 bits per heavy atom. The maximum absolute atomic E-state index is 7.25. The van der Waals surface area contributed by atoms with Gasteiger partial charge in [0.2, 0.25) is 0 Å². The minimum atomic E-state index is 0.487. The van der Waals surface area contributed by atoms with Gasteiger partial charge >= 0.3 is 0 Å².